The van der Waals surface area contributed by atoms with Crippen LogP contribution in [0.1, 0.15) is 10.4 Å². The first-order valence-electron chi connectivity index (χ1n) is 8.51. The second-order valence-electron chi connectivity index (χ2n) is 5.99. The van der Waals surface area contributed by atoms with Gasteiger partial charge in [0.2, 0.25) is 6.79 Å². The number of para-hydroxylation sites is 1. The minimum atomic E-state index is -0.691. The monoisotopic (exact) mass is 370 g/mol. The minimum absolute atomic E-state index is 0.161. The van der Waals surface area contributed by atoms with E-state index in [0.29, 0.717) is 41.7 Å². The maximum atomic E-state index is 12.7. The van der Waals surface area contributed by atoms with Crippen LogP contribution in [0, 0.1) is 0 Å². The van der Waals surface area contributed by atoms with Crippen molar-refractivity contribution in [3.05, 3.63) is 48.0 Å². The van der Waals surface area contributed by atoms with E-state index in [1.54, 1.807) is 42.5 Å². The second-order valence-corrected chi connectivity index (χ2v) is 5.99. The number of hydrogen-bond donors (Lipinski definition) is 2. The molecule has 0 saturated carbocycles. The van der Waals surface area contributed by atoms with E-state index in [2.05, 4.69) is 10.6 Å². The van der Waals surface area contributed by atoms with Crippen molar-refractivity contribution < 1.29 is 28.5 Å². The highest BCUT2D eigenvalue weighted by Crippen LogP contribution is 2.34. The molecule has 0 unspecified atom stereocenters. The lowest BCUT2D eigenvalue weighted by molar-refractivity contribution is -0.142. The summed E-state index contributed by atoms with van der Waals surface area (Å²) >= 11 is 0. The number of anilines is 2. The molecule has 8 nitrogen and oxygen atoms in total. The minimum Gasteiger partial charge on any atom is -0.454 e. The summed E-state index contributed by atoms with van der Waals surface area (Å²) in [5.41, 5.74) is 1.30. The topological polar surface area (TPSA) is 95.1 Å². The predicted molar refractivity (Wildman–Crippen MR) is 96.1 cm³/mol. The Morgan fingerprint density at radius 3 is 2.67 bits per heavy atom. The van der Waals surface area contributed by atoms with Crippen molar-refractivity contribution in [3.8, 4) is 11.5 Å². The van der Waals surface area contributed by atoms with Crippen LogP contribution in [0.25, 0.3) is 0 Å². The number of amides is 2. The number of hydrogen-bond acceptors (Lipinski definition) is 6. The smallest absolute Gasteiger partial charge is 0.257 e. The molecule has 2 aromatic carbocycles. The van der Waals surface area contributed by atoms with Gasteiger partial charge in [0, 0.05) is 11.8 Å². The average Bonchev–Trinajstić information content (AvgIpc) is 3.17. The van der Waals surface area contributed by atoms with Gasteiger partial charge in [-0.1, -0.05) is 12.1 Å². The van der Waals surface area contributed by atoms with Gasteiger partial charge in [-0.05, 0) is 24.3 Å². The summed E-state index contributed by atoms with van der Waals surface area (Å²) < 4.78 is 21.2. The van der Waals surface area contributed by atoms with E-state index in [1.165, 1.54) is 0 Å². The first kappa shape index (κ1) is 17.3. The summed E-state index contributed by atoms with van der Waals surface area (Å²) in [6, 6.07) is 11.9. The number of fused-ring (bicyclic) bond motifs is 1. The van der Waals surface area contributed by atoms with E-state index in [9.17, 15) is 9.59 Å². The summed E-state index contributed by atoms with van der Waals surface area (Å²) in [7, 11) is 0. The summed E-state index contributed by atoms with van der Waals surface area (Å²) in [6.07, 6.45) is -0.691. The first-order valence-corrected chi connectivity index (χ1v) is 8.51. The third-order valence-corrected chi connectivity index (χ3v) is 4.17. The van der Waals surface area contributed by atoms with Crippen LogP contribution in [0.15, 0.2) is 42.5 Å². The molecular formula is C19H18N2O6. The Labute approximate surface area is 155 Å². The Kier molecular flexibility index (Phi) is 4.91. The van der Waals surface area contributed by atoms with E-state index in [4.69, 9.17) is 18.9 Å². The highest BCUT2D eigenvalue weighted by Gasteiger charge is 2.24. The van der Waals surface area contributed by atoms with E-state index >= 15 is 0 Å². The van der Waals surface area contributed by atoms with Crippen LogP contribution in [0.4, 0.5) is 11.4 Å². The number of ether oxygens (including phenoxy) is 4. The van der Waals surface area contributed by atoms with Crippen molar-refractivity contribution in [1.29, 1.82) is 0 Å². The summed E-state index contributed by atoms with van der Waals surface area (Å²) in [5.74, 6) is 0.503. The van der Waals surface area contributed by atoms with E-state index in [1.807, 2.05) is 0 Å². The molecule has 1 fully saturated rings. The van der Waals surface area contributed by atoms with Crippen LogP contribution in [0.5, 0.6) is 11.5 Å². The highest BCUT2D eigenvalue weighted by molar-refractivity contribution is 6.10. The second kappa shape index (κ2) is 7.65. The summed E-state index contributed by atoms with van der Waals surface area (Å²) in [6.45, 7) is 1.19. The molecule has 2 aromatic rings. The lowest BCUT2D eigenvalue weighted by atomic mass is 10.1. The molecule has 0 aromatic heterocycles. The Morgan fingerprint density at radius 2 is 1.81 bits per heavy atom. The Balaban J connectivity index is 1.48. The van der Waals surface area contributed by atoms with Crippen LogP contribution in [0.2, 0.25) is 0 Å². The maximum absolute atomic E-state index is 12.7. The predicted octanol–water partition coefficient (Wildman–Crippen LogP) is 2.02. The Morgan fingerprint density at radius 1 is 0.963 bits per heavy atom. The van der Waals surface area contributed by atoms with Crippen molar-refractivity contribution in [1.82, 2.24) is 0 Å². The van der Waals surface area contributed by atoms with Gasteiger partial charge in [0.1, 0.15) is 0 Å². The van der Waals surface area contributed by atoms with Crippen LogP contribution in [0.3, 0.4) is 0 Å². The largest absolute Gasteiger partial charge is 0.454 e. The molecule has 8 heteroatoms. The van der Waals surface area contributed by atoms with Crippen LogP contribution in [-0.2, 0) is 14.3 Å². The van der Waals surface area contributed by atoms with E-state index in [-0.39, 0.29) is 25.2 Å². The third-order valence-electron chi connectivity index (χ3n) is 4.17. The number of carbonyl (C=O) groups excluding carboxylic acids is 2. The maximum Gasteiger partial charge on any atom is 0.257 e. The first-order chi connectivity index (χ1) is 13.2. The van der Waals surface area contributed by atoms with Gasteiger partial charge < -0.3 is 29.6 Å². The Bertz CT molecular complexity index is 863. The van der Waals surface area contributed by atoms with Crippen molar-refractivity contribution >= 4 is 23.2 Å². The van der Waals surface area contributed by atoms with Gasteiger partial charge in [-0.3, -0.25) is 9.59 Å². The van der Waals surface area contributed by atoms with Crippen LogP contribution < -0.4 is 20.1 Å². The van der Waals surface area contributed by atoms with E-state index < -0.39 is 6.10 Å². The molecule has 0 bridgehead atoms. The van der Waals surface area contributed by atoms with Gasteiger partial charge in [0.15, 0.2) is 17.6 Å². The van der Waals surface area contributed by atoms with Crippen molar-refractivity contribution in [2.45, 2.75) is 6.10 Å². The molecule has 0 radical (unpaired) electrons. The third kappa shape index (κ3) is 3.86. The van der Waals surface area contributed by atoms with Gasteiger partial charge in [-0.25, -0.2) is 0 Å². The fourth-order valence-electron chi connectivity index (χ4n) is 2.82. The van der Waals surface area contributed by atoms with Crippen molar-refractivity contribution in [3.63, 3.8) is 0 Å². The van der Waals surface area contributed by atoms with Gasteiger partial charge in [0.05, 0.1) is 31.1 Å². The van der Waals surface area contributed by atoms with Gasteiger partial charge in [0.25, 0.3) is 11.8 Å². The number of nitrogens with one attached hydrogen (secondary N) is 2. The standard InChI is InChI=1S/C19H18N2O6/c22-18(20-12-5-6-15-16(9-12)27-11-26-15)13-3-1-2-4-14(13)21-19(23)17-10-24-7-8-25-17/h1-6,9,17H,7-8,10-11H2,(H,20,22)(H,21,23)/t17-/m1/s1. The summed E-state index contributed by atoms with van der Waals surface area (Å²) in [5, 5.41) is 5.54. The lowest BCUT2D eigenvalue weighted by Crippen LogP contribution is -2.39. The normalized spacial score (nSPS) is 18.0. The van der Waals surface area contributed by atoms with Gasteiger partial charge >= 0.3 is 0 Å². The number of benzene rings is 2. The van der Waals surface area contributed by atoms with Crippen LogP contribution >= 0.6 is 0 Å². The number of rotatable bonds is 4. The van der Waals surface area contributed by atoms with Gasteiger partial charge in [-0.15, -0.1) is 0 Å². The molecular weight excluding hydrogens is 352 g/mol. The molecule has 2 aliphatic rings. The molecule has 1 atom stereocenters. The summed E-state index contributed by atoms with van der Waals surface area (Å²) in [4.78, 5) is 25.1. The molecule has 0 spiro atoms. The average molecular weight is 370 g/mol. The molecule has 1 saturated heterocycles. The van der Waals surface area contributed by atoms with Crippen LogP contribution in [-0.4, -0.2) is 44.5 Å². The van der Waals surface area contributed by atoms with Crippen molar-refractivity contribution in [2.24, 2.45) is 0 Å². The molecule has 2 amide bonds. The molecule has 2 heterocycles. The fourth-order valence-corrected chi connectivity index (χ4v) is 2.82. The number of carbonyl (C=O) groups is 2. The Hall–Kier alpha value is -3.10. The zero-order valence-corrected chi connectivity index (χ0v) is 14.4. The molecule has 0 aliphatic carbocycles. The molecule has 2 N–H and O–H groups in total. The quantitative estimate of drug-likeness (QED) is 0.855. The SMILES string of the molecule is O=C(Nc1ccc2c(c1)OCO2)c1ccccc1NC(=O)[C@H]1COCCO1. The molecule has 140 valence electrons. The molecule has 27 heavy (non-hydrogen) atoms. The fraction of sp³-hybridized carbons (Fsp3) is 0.263. The van der Waals surface area contributed by atoms with Gasteiger partial charge in [-0.2, -0.15) is 0 Å². The lowest BCUT2D eigenvalue weighted by Gasteiger charge is -2.22. The van der Waals surface area contributed by atoms with E-state index in [0.717, 1.165) is 0 Å². The zero-order valence-electron chi connectivity index (χ0n) is 14.4. The zero-order chi connectivity index (χ0) is 18.6. The molecule has 2 aliphatic heterocycles. The van der Waals surface area contributed by atoms with Crippen molar-refractivity contribution in [2.75, 3.05) is 37.2 Å². The highest BCUT2D eigenvalue weighted by atomic mass is 16.7. The molecule has 4 rings (SSSR count).